The minimum atomic E-state index is -0.554. The third-order valence-corrected chi connectivity index (χ3v) is 6.76. The van der Waals surface area contributed by atoms with Gasteiger partial charge in [-0.15, -0.1) is 0 Å². The van der Waals surface area contributed by atoms with Crippen molar-refractivity contribution in [3.63, 3.8) is 0 Å². The second-order valence-electron chi connectivity index (χ2n) is 9.29. The zero-order valence-electron chi connectivity index (χ0n) is 21.9. The van der Waals surface area contributed by atoms with Crippen molar-refractivity contribution >= 4 is 39.2 Å². The maximum Gasteiger partial charge on any atom is 0.354 e. The summed E-state index contributed by atoms with van der Waals surface area (Å²) >= 11 is 3.32. The quantitative estimate of drug-likeness (QED) is 0.0834. The van der Waals surface area contributed by atoms with E-state index in [0.717, 1.165) is 17.3 Å². The van der Waals surface area contributed by atoms with Crippen LogP contribution in [-0.4, -0.2) is 27.3 Å². The maximum atomic E-state index is 12.3. The first-order valence-corrected chi connectivity index (χ1v) is 14.4. The molecule has 0 saturated carbocycles. The van der Waals surface area contributed by atoms with Gasteiger partial charge in [-0.3, -0.25) is 25.8 Å². The molecule has 0 bridgehead atoms. The van der Waals surface area contributed by atoms with Gasteiger partial charge in [0.05, 0.1) is 4.92 Å². The molecule has 37 heavy (non-hydrogen) atoms. The molecule has 0 spiro atoms. The molecule has 0 unspecified atom stereocenters. The number of amides is 1. The summed E-state index contributed by atoms with van der Waals surface area (Å²) in [6.45, 7) is 2.84. The van der Waals surface area contributed by atoms with Gasteiger partial charge in [0, 0.05) is 16.6 Å². The molecule has 3 N–H and O–H groups in total. The number of benzene rings is 1. The fraction of sp³-hybridized carbons (Fsp3) is 0.593. The van der Waals surface area contributed by atoms with E-state index in [-0.39, 0.29) is 17.3 Å². The molecule has 9 nitrogen and oxygen atoms in total. The van der Waals surface area contributed by atoms with Crippen molar-refractivity contribution in [2.45, 2.75) is 96.8 Å². The van der Waals surface area contributed by atoms with Gasteiger partial charge in [-0.1, -0.05) is 106 Å². The zero-order valence-corrected chi connectivity index (χ0v) is 23.5. The predicted molar refractivity (Wildman–Crippen MR) is 153 cm³/mol. The van der Waals surface area contributed by atoms with Crippen molar-refractivity contribution in [1.29, 1.82) is 0 Å². The van der Waals surface area contributed by atoms with Crippen LogP contribution in [-0.2, 0) is 0 Å². The molecule has 1 aromatic heterocycles. The van der Waals surface area contributed by atoms with Gasteiger partial charge in [-0.25, -0.2) is 9.97 Å². The smallest absolute Gasteiger partial charge is 0.354 e. The van der Waals surface area contributed by atoms with Gasteiger partial charge in [-0.2, -0.15) is 0 Å². The SMILES string of the molecule is CCCCCCCCCCCCCCCCNc1ncnc(NNC(=O)c2ccc(Br)cc2)c1[N+](=O)[O-]. The van der Waals surface area contributed by atoms with E-state index in [4.69, 9.17) is 0 Å². The van der Waals surface area contributed by atoms with Crippen molar-refractivity contribution in [3.8, 4) is 0 Å². The van der Waals surface area contributed by atoms with Gasteiger partial charge in [0.2, 0.25) is 11.6 Å². The van der Waals surface area contributed by atoms with Gasteiger partial charge in [0.1, 0.15) is 6.33 Å². The maximum absolute atomic E-state index is 12.3. The van der Waals surface area contributed by atoms with E-state index in [9.17, 15) is 14.9 Å². The molecule has 10 heteroatoms. The van der Waals surface area contributed by atoms with E-state index in [1.54, 1.807) is 24.3 Å². The number of hydrogen-bond donors (Lipinski definition) is 3. The summed E-state index contributed by atoms with van der Waals surface area (Å²) in [5.74, 6) is -0.374. The van der Waals surface area contributed by atoms with Gasteiger partial charge in [0.25, 0.3) is 5.91 Å². The Morgan fingerprint density at radius 1 is 0.838 bits per heavy atom. The molecule has 0 radical (unpaired) electrons. The lowest BCUT2D eigenvalue weighted by Crippen LogP contribution is -2.30. The van der Waals surface area contributed by atoms with Gasteiger partial charge >= 0.3 is 5.69 Å². The number of aromatic nitrogens is 2. The second kappa shape index (κ2) is 18.5. The number of carbonyl (C=O) groups excluding carboxylic acids is 1. The van der Waals surface area contributed by atoms with E-state index in [1.807, 2.05) is 0 Å². The number of unbranched alkanes of at least 4 members (excludes halogenated alkanes) is 13. The van der Waals surface area contributed by atoms with Crippen LogP contribution in [0, 0.1) is 10.1 Å². The fourth-order valence-corrected chi connectivity index (χ4v) is 4.35. The molecule has 0 aliphatic rings. The highest BCUT2D eigenvalue weighted by Gasteiger charge is 2.23. The Kier molecular flexibility index (Phi) is 15.2. The molecular weight excluding hydrogens is 536 g/mol. The van der Waals surface area contributed by atoms with Gasteiger partial charge in [0.15, 0.2) is 0 Å². The number of carbonyl (C=O) groups is 1. The number of hydrazine groups is 1. The number of nitro groups is 1. The fourth-order valence-electron chi connectivity index (χ4n) is 4.09. The summed E-state index contributed by atoms with van der Waals surface area (Å²) in [5, 5.41) is 14.7. The number of anilines is 2. The Balaban J connectivity index is 1.63. The third kappa shape index (κ3) is 12.4. The number of hydrogen-bond acceptors (Lipinski definition) is 7. The van der Waals surface area contributed by atoms with Crippen LogP contribution in [0.3, 0.4) is 0 Å². The molecule has 1 amide bonds. The minimum absolute atomic E-state index is 0.0751. The average molecular weight is 578 g/mol. The van der Waals surface area contributed by atoms with Gasteiger partial charge in [-0.05, 0) is 30.7 Å². The normalized spacial score (nSPS) is 10.8. The van der Waals surface area contributed by atoms with Crippen molar-refractivity contribution in [1.82, 2.24) is 15.4 Å². The molecule has 0 aliphatic carbocycles. The van der Waals surface area contributed by atoms with Crippen LogP contribution in [0.25, 0.3) is 0 Å². The Labute approximate surface area is 228 Å². The largest absolute Gasteiger partial charge is 0.364 e. The Bertz CT molecular complexity index is 942. The number of nitrogens with one attached hydrogen (secondary N) is 3. The molecule has 0 fully saturated rings. The minimum Gasteiger partial charge on any atom is -0.364 e. The van der Waals surface area contributed by atoms with E-state index < -0.39 is 10.8 Å². The molecule has 204 valence electrons. The second-order valence-corrected chi connectivity index (χ2v) is 10.2. The van der Waals surface area contributed by atoms with Crippen LogP contribution in [0.4, 0.5) is 17.3 Å². The van der Waals surface area contributed by atoms with Crippen molar-refractivity contribution in [2.24, 2.45) is 0 Å². The molecule has 1 aromatic carbocycles. The summed E-state index contributed by atoms with van der Waals surface area (Å²) in [6, 6.07) is 6.75. The lowest BCUT2D eigenvalue weighted by atomic mass is 10.0. The molecule has 2 aromatic rings. The van der Waals surface area contributed by atoms with Crippen LogP contribution < -0.4 is 16.2 Å². The number of rotatable bonds is 20. The van der Waals surface area contributed by atoms with Gasteiger partial charge < -0.3 is 5.32 Å². The van der Waals surface area contributed by atoms with Crippen molar-refractivity contribution in [2.75, 3.05) is 17.3 Å². The average Bonchev–Trinajstić information content (AvgIpc) is 2.89. The Morgan fingerprint density at radius 3 is 1.89 bits per heavy atom. The van der Waals surface area contributed by atoms with E-state index >= 15 is 0 Å². The first-order chi connectivity index (χ1) is 18.0. The molecule has 0 aliphatic heterocycles. The highest BCUT2D eigenvalue weighted by molar-refractivity contribution is 9.10. The Hall–Kier alpha value is -2.75. The molecule has 0 saturated heterocycles. The predicted octanol–water partition coefficient (Wildman–Crippen LogP) is 7.80. The van der Waals surface area contributed by atoms with Crippen LogP contribution in [0.15, 0.2) is 35.1 Å². The summed E-state index contributed by atoms with van der Waals surface area (Å²) in [7, 11) is 0. The summed E-state index contributed by atoms with van der Waals surface area (Å²) < 4.78 is 0.845. The number of nitrogens with zero attached hydrogens (tertiary/aromatic N) is 3. The lowest BCUT2D eigenvalue weighted by Gasteiger charge is -2.11. The van der Waals surface area contributed by atoms with E-state index in [1.165, 1.54) is 83.4 Å². The molecule has 0 atom stereocenters. The first kappa shape index (κ1) is 30.5. The van der Waals surface area contributed by atoms with E-state index in [0.29, 0.717) is 12.1 Å². The van der Waals surface area contributed by atoms with Crippen LogP contribution >= 0.6 is 15.9 Å². The Morgan fingerprint density at radius 2 is 1.35 bits per heavy atom. The topological polar surface area (TPSA) is 122 Å². The number of halogens is 1. The highest BCUT2D eigenvalue weighted by atomic mass is 79.9. The lowest BCUT2D eigenvalue weighted by molar-refractivity contribution is -0.383. The first-order valence-electron chi connectivity index (χ1n) is 13.6. The summed E-state index contributed by atoms with van der Waals surface area (Å²) in [4.78, 5) is 31.4. The van der Waals surface area contributed by atoms with Crippen LogP contribution in [0.5, 0.6) is 0 Å². The van der Waals surface area contributed by atoms with Crippen LogP contribution in [0.2, 0.25) is 0 Å². The van der Waals surface area contributed by atoms with Crippen molar-refractivity contribution in [3.05, 3.63) is 50.7 Å². The highest BCUT2D eigenvalue weighted by Crippen LogP contribution is 2.28. The zero-order chi connectivity index (χ0) is 26.7. The van der Waals surface area contributed by atoms with Crippen molar-refractivity contribution < 1.29 is 9.72 Å². The van der Waals surface area contributed by atoms with Crippen LogP contribution in [0.1, 0.15) is 107 Å². The molecular formula is C27H41BrN6O3. The third-order valence-electron chi connectivity index (χ3n) is 6.23. The monoisotopic (exact) mass is 576 g/mol. The summed E-state index contributed by atoms with van der Waals surface area (Å²) in [5.41, 5.74) is 5.11. The molecule has 2 rings (SSSR count). The summed E-state index contributed by atoms with van der Waals surface area (Å²) in [6.07, 6.45) is 19.1. The standard InChI is InChI=1S/C27H41BrN6O3/c1-2-3-4-5-6-7-8-9-10-11-12-13-14-15-20-29-25-24(34(36)37)26(31-21-30-25)32-33-27(35)22-16-18-23(28)19-17-22/h16-19,21H,2-15,20H2,1H3,(H,33,35)(H2,29,30,31,32). The van der Waals surface area contributed by atoms with E-state index in [2.05, 4.69) is 49.0 Å². The molecule has 1 heterocycles.